The van der Waals surface area contributed by atoms with Gasteiger partial charge in [-0.25, -0.2) is 0 Å². The molecule has 2 amide bonds. The van der Waals surface area contributed by atoms with Crippen LogP contribution in [0.4, 0.5) is 0 Å². The molecule has 0 bridgehead atoms. The first-order valence-electron chi connectivity index (χ1n) is 8.52. The lowest BCUT2D eigenvalue weighted by Crippen LogP contribution is -2.29. The number of hydrogen-bond acceptors (Lipinski definition) is 2. The highest BCUT2D eigenvalue weighted by atomic mass is 16.2. The molecular formula is C19H29N2O2. The third-order valence-electron chi connectivity index (χ3n) is 3.84. The van der Waals surface area contributed by atoms with Crippen LogP contribution in [-0.2, 0) is 16.0 Å². The van der Waals surface area contributed by atoms with E-state index in [0.717, 1.165) is 56.6 Å². The number of hydrogen-bond donors (Lipinski definition) is 2. The molecule has 1 radical (unpaired) electrons. The van der Waals surface area contributed by atoms with Gasteiger partial charge in [0, 0.05) is 13.0 Å². The van der Waals surface area contributed by atoms with Crippen molar-refractivity contribution < 1.29 is 9.59 Å². The zero-order chi connectivity index (χ0) is 16.9. The van der Waals surface area contributed by atoms with Crippen molar-refractivity contribution in [1.29, 1.82) is 0 Å². The lowest BCUT2D eigenvalue weighted by atomic mass is 10.0. The molecule has 127 valence electrons. The third-order valence-corrected chi connectivity index (χ3v) is 3.84. The second-order valence-corrected chi connectivity index (χ2v) is 6.04. The van der Waals surface area contributed by atoms with Crippen LogP contribution in [0, 0.1) is 5.92 Å². The highest BCUT2D eigenvalue weighted by Gasteiger charge is 2.13. The van der Waals surface area contributed by atoms with E-state index in [1.54, 1.807) is 0 Å². The molecule has 4 heteroatoms. The molecule has 0 saturated carbocycles. The summed E-state index contributed by atoms with van der Waals surface area (Å²) >= 11 is 0. The van der Waals surface area contributed by atoms with Crippen LogP contribution in [0.3, 0.4) is 0 Å². The van der Waals surface area contributed by atoms with Crippen LogP contribution in [0.5, 0.6) is 0 Å². The average molecular weight is 317 g/mol. The van der Waals surface area contributed by atoms with Gasteiger partial charge in [0.25, 0.3) is 0 Å². The summed E-state index contributed by atoms with van der Waals surface area (Å²) < 4.78 is 0. The fourth-order valence-corrected chi connectivity index (χ4v) is 2.47. The van der Waals surface area contributed by atoms with Crippen LogP contribution in [0.2, 0.25) is 0 Å². The molecule has 0 aliphatic rings. The maximum atomic E-state index is 12.0. The van der Waals surface area contributed by atoms with Crippen molar-refractivity contribution in [3.8, 4) is 0 Å². The number of primary amides is 1. The highest BCUT2D eigenvalue weighted by Crippen LogP contribution is 2.10. The van der Waals surface area contributed by atoms with Gasteiger partial charge >= 0.3 is 0 Å². The summed E-state index contributed by atoms with van der Waals surface area (Å²) in [6, 6.07) is 10.0. The van der Waals surface area contributed by atoms with Crippen LogP contribution in [-0.4, -0.2) is 18.4 Å². The Morgan fingerprint density at radius 1 is 0.957 bits per heavy atom. The molecule has 1 rings (SSSR count). The summed E-state index contributed by atoms with van der Waals surface area (Å²) in [6.07, 6.45) is 7.51. The van der Waals surface area contributed by atoms with Gasteiger partial charge in [-0.15, -0.1) is 0 Å². The Balaban J connectivity index is 2.00. The Bertz CT molecular complexity index is 460. The van der Waals surface area contributed by atoms with E-state index in [4.69, 9.17) is 5.73 Å². The fourth-order valence-electron chi connectivity index (χ4n) is 2.47. The second kappa shape index (κ2) is 11.7. The molecular weight excluding hydrogens is 288 g/mol. The summed E-state index contributed by atoms with van der Waals surface area (Å²) in [6.45, 7) is 2.62. The minimum absolute atomic E-state index is 0.0512. The van der Waals surface area contributed by atoms with E-state index in [-0.39, 0.29) is 11.8 Å². The number of benzene rings is 1. The molecule has 3 N–H and O–H groups in total. The molecule has 0 heterocycles. The smallest absolute Gasteiger partial charge is 0.227 e. The maximum absolute atomic E-state index is 12.0. The number of nitrogens with two attached hydrogens (primary N) is 1. The summed E-state index contributed by atoms with van der Waals surface area (Å²) in [7, 11) is 0. The molecule has 0 saturated heterocycles. The van der Waals surface area contributed by atoms with Gasteiger partial charge in [0.15, 0.2) is 0 Å². The van der Waals surface area contributed by atoms with Crippen molar-refractivity contribution >= 4 is 11.8 Å². The maximum Gasteiger partial charge on any atom is 0.227 e. The summed E-state index contributed by atoms with van der Waals surface area (Å²) in [5.74, 6) is 0.688. The van der Waals surface area contributed by atoms with Crippen molar-refractivity contribution in [3.05, 3.63) is 41.8 Å². The van der Waals surface area contributed by atoms with Crippen LogP contribution in [0.1, 0.15) is 57.4 Å². The lowest BCUT2D eigenvalue weighted by molar-refractivity contribution is -0.119. The Labute approximate surface area is 139 Å². The van der Waals surface area contributed by atoms with Crippen LogP contribution in [0.25, 0.3) is 0 Å². The van der Waals surface area contributed by atoms with Gasteiger partial charge in [0.1, 0.15) is 0 Å². The van der Waals surface area contributed by atoms with Crippen molar-refractivity contribution in [3.63, 3.8) is 0 Å². The Morgan fingerprint density at radius 3 is 2.22 bits per heavy atom. The predicted octanol–water partition coefficient (Wildman–Crippen LogP) is 3.16. The Kier molecular flexibility index (Phi) is 9.76. The van der Waals surface area contributed by atoms with E-state index in [0.29, 0.717) is 12.8 Å². The van der Waals surface area contributed by atoms with E-state index in [2.05, 4.69) is 5.32 Å². The number of nitrogens with one attached hydrogen (secondary N) is 1. The quantitative estimate of drug-likeness (QED) is 0.581. The van der Waals surface area contributed by atoms with E-state index in [9.17, 15) is 9.59 Å². The van der Waals surface area contributed by atoms with E-state index < -0.39 is 0 Å². The minimum atomic E-state index is -0.213. The zero-order valence-corrected chi connectivity index (χ0v) is 14.1. The van der Waals surface area contributed by atoms with E-state index in [1.165, 1.54) is 0 Å². The highest BCUT2D eigenvalue weighted by molar-refractivity contribution is 5.89. The van der Waals surface area contributed by atoms with Gasteiger partial charge in [-0.1, -0.05) is 56.0 Å². The summed E-state index contributed by atoms with van der Waals surface area (Å²) in [5.41, 5.74) is 6.26. The molecule has 1 aromatic rings. The van der Waals surface area contributed by atoms with Gasteiger partial charge in [-0.3, -0.25) is 9.59 Å². The molecule has 0 spiro atoms. The van der Waals surface area contributed by atoms with E-state index >= 15 is 0 Å². The number of carbonyl (C=O) groups excluding carboxylic acids is 2. The molecule has 0 atom stereocenters. The Morgan fingerprint density at radius 2 is 1.57 bits per heavy atom. The molecule has 0 aliphatic carbocycles. The summed E-state index contributed by atoms with van der Waals surface area (Å²) in [5, 5.41) is 2.98. The van der Waals surface area contributed by atoms with Crippen LogP contribution in [0.15, 0.2) is 30.3 Å². The first-order valence-corrected chi connectivity index (χ1v) is 8.52. The molecule has 0 unspecified atom stereocenters. The Hall–Kier alpha value is -1.84. The average Bonchev–Trinajstić information content (AvgIpc) is 2.53. The van der Waals surface area contributed by atoms with Crippen LogP contribution >= 0.6 is 0 Å². The van der Waals surface area contributed by atoms with Crippen LogP contribution < -0.4 is 11.1 Å². The largest absolute Gasteiger partial charge is 0.370 e. The van der Waals surface area contributed by atoms with Crippen molar-refractivity contribution in [2.24, 2.45) is 5.73 Å². The number of rotatable bonds is 12. The lowest BCUT2D eigenvalue weighted by Gasteiger charge is -2.11. The molecule has 4 nitrogen and oxygen atoms in total. The normalized spacial score (nSPS) is 10.7. The van der Waals surface area contributed by atoms with Crippen molar-refractivity contribution in [2.75, 3.05) is 6.54 Å². The van der Waals surface area contributed by atoms with Gasteiger partial charge in [-0.2, -0.15) is 0 Å². The molecule has 0 fully saturated rings. The third kappa shape index (κ3) is 9.72. The molecule has 23 heavy (non-hydrogen) atoms. The fraction of sp³-hybridized carbons (Fsp3) is 0.526. The van der Waals surface area contributed by atoms with Crippen molar-refractivity contribution in [1.82, 2.24) is 5.32 Å². The van der Waals surface area contributed by atoms with Crippen molar-refractivity contribution in [2.45, 2.75) is 58.3 Å². The predicted molar refractivity (Wildman–Crippen MR) is 93.6 cm³/mol. The van der Waals surface area contributed by atoms with Gasteiger partial charge < -0.3 is 11.1 Å². The molecule has 1 aromatic carbocycles. The SMILES string of the molecule is C[C](Cc1ccccc1)C(=O)NCCCCCCCCC(N)=O. The zero-order valence-electron chi connectivity index (χ0n) is 14.1. The topological polar surface area (TPSA) is 72.2 Å². The first-order chi connectivity index (χ1) is 11.1. The molecule has 0 aromatic heterocycles. The van der Waals surface area contributed by atoms with Gasteiger partial charge in [0.05, 0.1) is 5.92 Å². The first kappa shape index (κ1) is 19.2. The monoisotopic (exact) mass is 317 g/mol. The van der Waals surface area contributed by atoms with Gasteiger partial charge in [0.2, 0.25) is 11.8 Å². The number of unbranched alkanes of at least 4 members (excludes halogenated alkanes) is 5. The number of amides is 2. The second-order valence-electron chi connectivity index (χ2n) is 6.04. The van der Waals surface area contributed by atoms with E-state index in [1.807, 2.05) is 37.3 Å². The minimum Gasteiger partial charge on any atom is -0.370 e. The molecule has 0 aliphatic heterocycles. The standard InChI is InChI=1S/C19H29N2O2/c1-16(15-17-11-7-6-8-12-17)19(23)21-14-10-5-3-2-4-9-13-18(20)22/h6-8,11-12H,2-5,9-10,13-15H2,1H3,(H2,20,22)(H,21,23). The number of carbonyl (C=O) groups is 2. The van der Waals surface area contributed by atoms with Gasteiger partial charge in [-0.05, 0) is 31.7 Å². The summed E-state index contributed by atoms with van der Waals surface area (Å²) in [4.78, 5) is 22.6.